The predicted molar refractivity (Wildman–Crippen MR) is 155 cm³/mol. The molecule has 1 heterocycles. The summed E-state index contributed by atoms with van der Waals surface area (Å²) in [6.07, 6.45) is 5.34. The maximum absolute atomic E-state index is 5.74. The first-order valence-electron chi connectivity index (χ1n) is 12.9. The third kappa shape index (κ3) is 6.04. The zero-order chi connectivity index (χ0) is 24.9. The number of aryl methyl sites for hydroxylation is 1. The molecular formula is C29H39N5S. The standard InChI is InChI=1S/C29H39N5S/c1-6-20-10-9-12-23(19(2)3)28(20)33-29(35)31-22-16-14-21(15-17-22)30-27-18-26(34(4)5)24-11-7-8-13-25(24)32-27/h7-13,18-19,21-22H,6,14-17H2,1-5H3,(H,30,32)(H2,31,33,35)/t21-,22+. The van der Waals surface area contributed by atoms with E-state index in [1.54, 1.807) is 0 Å². The van der Waals surface area contributed by atoms with Gasteiger partial charge >= 0.3 is 0 Å². The van der Waals surface area contributed by atoms with Crippen molar-refractivity contribution in [3.63, 3.8) is 0 Å². The van der Waals surface area contributed by atoms with Crippen LogP contribution in [0.25, 0.3) is 10.9 Å². The van der Waals surface area contributed by atoms with E-state index in [4.69, 9.17) is 17.2 Å². The molecule has 0 unspecified atom stereocenters. The van der Waals surface area contributed by atoms with Crippen molar-refractivity contribution >= 4 is 45.4 Å². The number of para-hydroxylation sites is 2. The minimum atomic E-state index is 0.395. The number of nitrogens with zero attached hydrogens (tertiary/aromatic N) is 2. The molecule has 0 saturated heterocycles. The van der Waals surface area contributed by atoms with Gasteiger partial charge in [-0.1, -0.05) is 57.2 Å². The van der Waals surface area contributed by atoms with Gasteiger partial charge in [-0.25, -0.2) is 4.98 Å². The van der Waals surface area contributed by atoms with Gasteiger partial charge in [0, 0.05) is 49.0 Å². The minimum absolute atomic E-state index is 0.395. The second kappa shape index (κ2) is 11.3. The van der Waals surface area contributed by atoms with Crippen LogP contribution < -0.4 is 20.9 Å². The summed E-state index contributed by atoms with van der Waals surface area (Å²) < 4.78 is 0. The molecule has 3 aromatic rings. The molecule has 5 nitrogen and oxygen atoms in total. The van der Waals surface area contributed by atoms with Gasteiger partial charge in [-0.15, -0.1) is 0 Å². The molecule has 186 valence electrons. The van der Waals surface area contributed by atoms with Crippen molar-refractivity contribution in [2.24, 2.45) is 0 Å². The average molecular weight is 490 g/mol. The summed E-state index contributed by atoms with van der Waals surface area (Å²) in [6.45, 7) is 6.66. The second-order valence-electron chi connectivity index (χ2n) is 10.1. The maximum Gasteiger partial charge on any atom is 0.171 e. The molecule has 0 amide bonds. The fourth-order valence-electron chi connectivity index (χ4n) is 5.08. The fraction of sp³-hybridized carbons (Fsp3) is 0.448. The Morgan fingerprint density at radius 2 is 1.74 bits per heavy atom. The molecule has 4 rings (SSSR count). The Bertz CT molecular complexity index is 1160. The van der Waals surface area contributed by atoms with Gasteiger partial charge in [0.25, 0.3) is 0 Å². The summed E-state index contributed by atoms with van der Waals surface area (Å²) in [4.78, 5) is 7.04. The number of anilines is 3. The van der Waals surface area contributed by atoms with Gasteiger partial charge in [-0.2, -0.15) is 0 Å². The molecule has 0 aliphatic heterocycles. The van der Waals surface area contributed by atoms with Gasteiger partial charge in [-0.3, -0.25) is 0 Å². The van der Waals surface area contributed by atoms with Crippen LogP contribution in [0.15, 0.2) is 48.5 Å². The molecule has 0 bridgehead atoms. The van der Waals surface area contributed by atoms with Crippen molar-refractivity contribution in [3.05, 3.63) is 59.7 Å². The summed E-state index contributed by atoms with van der Waals surface area (Å²) in [5, 5.41) is 12.7. The first-order chi connectivity index (χ1) is 16.9. The SMILES string of the molecule is CCc1cccc(C(C)C)c1NC(=S)N[C@H]1CC[C@@H](Nc2cc(N(C)C)c3ccccc3n2)CC1. The molecule has 0 spiro atoms. The second-order valence-corrected chi connectivity index (χ2v) is 10.5. The summed E-state index contributed by atoms with van der Waals surface area (Å²) in [5.74, 6) is 1.41. The van der Waals surface area contributed by atoms with E-state index in [0.29, 0.717) is 18.0 Å². The highest BCUT2D eigenvalue weighted by Crippen LogP contribution is 2.30. The first-order valence-corrected chi connectivity index (χ1v) is 13.3. The van der Waals surface area contributed by atoms with Crippen LogP contribution in [-0.4, -0.2) is 36.3 Å². The molecular weight excluding hydrogens is 450 g/mol. The van der Waals surface area contributed by atoms with Crippen LogP contribution in [0.2, 0.25) is 0 Å². The van der Waals surface area contributed by atoms with Crippen LogP contribution in [-0.2, 0) is 6.42 Å². The van der Waals surface area contributed by atoms with Crippen molar-refractivity contribution in [1.29, 1.82) is 0 Å². The number of aromatic nitrogens is 1. The van der Waals surface area contributed by atoms with Crippen LogP contribution in [0.4, 0.5) is 17.2 Å². The number of thiocarbonyl (C=S) groups is 1. The number of rotatable bonds is 7. The predicted octanol–water partition coefficient (Wildman–Crippen LogP) is 6.70. The summed E-state index contributed by atoms with van der Waals surface area (Å²) in [7, 11) is 4.17. The number of pyridine rings is 1. The quantitative estimate of drug-likeness (QED) is 0.321. The van der Waals surface area contributed by atoms with Crippen LogP contribution >= 0.6 is 12.2 Å². The highest BCUT2D eigenvalue weighted by atomic mass is 32.1. The Kier molecular flexibility index (Phi) is 8.11. The lowest BCUT2D eigenvalue weighted by molar-refractivity contribution is 0.388. The third-order valence-corrected chi connectivity index (χ3v) is 7.23. The molecule has 35 heavy (non-hydrogen) atoms. The summed E-state index contributed by atoms with van der Waals surface area (Å²) in [5.41, 5.74) is 6.03. The van der Waals surface area contributed by atoms with E-state index >= 15 is 0 Å². The molecule has 1 aliphatic carbocycles. The lowest BCUT2D eigenvalue weighted by atomic mass is 9.91. The van der Waals surface area contributed by atoms with Crippen LogP contribution in [0.3, 0.4) is 0 Å². The molecule has 1 aliphatic rings. The third-order valence-electron chi connectivity index (χ3n) is 7.01. The van der Waals surface area contributed by atoms with Crippen molar-refractivity contribution in [3.8, 4) is 0 Å². The van der Waals surface area contributed by atoms with E-state index < -0.39 is 0 Å². The lowest BCUT2D eigenvalue weighted by Crippen LogP contribution is -2.42. The van der Waals surface area contributed by atoms with E-state index in [-0.39, 0.29) is 0 Å². The Morgan fingerprint density at radius 3 is 2.43 bits per heavy atom. The normalized spacial score (nSPS) is 17.9. The van der Waals surface area contributed by atoms with Gasteiger partial charge in [-0.05, 0) is 67.4 Å². The zero-order valence-corrected chi connectivity index (χ0v) is 22.5. The van der Waals surface area contributed by atoms with Crippen molar-refractivity contribution in [1.82, 2.24) is 10.3 Å². The van der Waals surface area contributed by atoms with E-state index in [1.807, 2.05) is 0 Å². The minimum Gasteiger partial charge on any atom is -0.377 e. The van der Waals surface area contributed by atoms with Gasteiger partial charge in [0.05, 0.1) is 5.52 Å². The fourth-order valence-corrected chi connectivity index (χ4v) is 5.34. The van der Waals surface area contributed by atoms with E-state index in [2.05, 4.69) is 104 Å². The molecule has 1 saturated carbocycles. The first kappa shape index (κ1) is 25.2. The Balaban J connectivity index is 1.35. The van der Waals surface area contributed by atoms with E-state index in [1.165, 1.54) is 27.9 Å². The van der Waals surface area contributed by atoms with Gasteiger partial charge < -0.3 is 20.9 Å². The highest BCUT2D eigenvalue weighted by Gasteiger charge is 2.23. The molecule has 1 aromatic heterocycles. The van der Waals surface area contributed by atoms with Crippen LogP contribution in [0, 0.1) is 0 Å². The average Bonchev–Trinajstić information content (AvgIpc) is 2.84. The molecule has 0 radical (unpaired) electrons. The molecule has 0 atom stereocenters. The van der Waals surface area contributed by atoms with Crippen molar-refractivity contribution < 1.29 is 0 Å². The maximum atomic E-state index is 5.74. The lowest BCUT2D eigenvalue weighted by Gasteiger charge is -2.31. The van der Waals surface area contributed by atoms with Crippen LogP contribution in [0.5, 0.6) is 0 Å². The summed E-state index contributed by atoms with van der Waals surface area (Å²) >= 11 is 5.74. The van der Waals surface area contributed by atoms with Crippen molar-refractivity contribution in [2.45, 2.75) is 70.9 Å². The zero-order valence-electron chi connectivity index (χ0n) is 21.7. The Labute approximate surface area is 215 Å². The molecule has 2 aromatic carbocycles. The number of hydrogen-bond donors (Lipinski definition) is 3. The van der Waals surface area contributed by atoms with Gasteiger partial charge in [0.1, 0.15) is 5.82 Å². The Hall–Kier alpha value is -2.86. The summed E-state index contributed by atoms with van der Waals surface area (Å²) in [6, 6.07) is 17.9. The van der Waals surface area contributed by atoms with E-state index in [0.717, 1.165) is 48.6 Å². The van der Waals surface area contributed by atoms with E-state index in [9.17, 15) is 0 Å². The number of fused-ring (bicyclic) bond motifs is 1. The molecule has 3 N–H and O–H groups in total. The molecule has 6 heteroatoms. The van der Waals surface area contributed by atoms with Crippen LogP contribution in [0.1, 0.15) is 63.5 Å². The smallest absolute Gasteiger partial charge is 0.171 e. The number of benzene rings is 2. The van der Waals surface area contributed by atoms with Gasteiger partial charge in [0.15, 0.2) is 5.11 Å². The Morgan fingerprint density at radius 1 is 1.03 bits per heavy atom. The van der Waals surface area contributed by atoms with Gasteiger partial charge in [0.2, 0.25) is 0 Å². The highest BCUT2D eigenvalue weighted by molar-refractivity contribution is 7.80. The largest absolute Gasteiger partial charge is 0.377 e. The molecule has 1 fully saturated rings. The van der Waals surface area contributed by atoms with Crippen molar-refractivity contribution in [2.75, 3.05) is 29.6 Å². The topological polar surface area (TPSA) is 52.2 Å². The number of nitrogens with one attached hydrogen (secondary N) is 3. The number of hydrogen-bond acceptors (Lipinski definition) is 4. The monoisotopic (exact) mass is 489 g/mol.